The number of anilines is 2. The molecule has 2 rings (SSSR count). The lowest BCUT2D eigenvalue weighted by molar-refractivity contribution is 0.601. The molecule has 0 saturated heterocycles. The summed E-state index contributed by atoms with van der Waals surface area (Å²) in [6.07, 6.45) is 0. The maximum Gasteiger partial charge on any atom is 0.263 e. The van der Waals surface area contributed by atoms with Crippen LogP contribution in [0.25, 0.3) is 0 Å². The Morgan fingerprint density at radius 3 is 2.50 bits per heavy atom. The lowest BCUT2D eigenvalue weighted by Crippen LogP contribution is -2.12. The second-order valence-corrected chi connectivity index (χ2v) is 8.82. The number of thiophene rings is 1. The maximum atomic E-state index is 12.2. The largest absolute Gasteiger partial charge is 0.399 e. The van der Waals surface area contributed by atoms with Gasteiger partial charge in [-0.3, -0.25) is 4.72 Å². The molecule has 0 fully saturated rings. The van der Waals surface area contributed by atoms with Gasteiger partial charge in [0.05, 0.1) is 13.3 Å². The highest BCUT2D eigenvalue weighted by atomic mass is 79.9. The van der Waals surface area contributed by atoms with Crippen LogP contribution in [0.4, 0.5) is 11.4 Å². The topological polar surface area (TPSA) is 72.2 Å². The van der Waals surface area contributed by atoms with E-state index in [9.17, 15) is 8.42 Å². The second kappa shape index (κ2) is 5.20. The first kappa shape index (κ1) is 13.9. The van der Waals surface area contributed by atoms with Crippen molar-refractivity contribution < 1.29 is 8.42 Å². The van der Waals surface area contributed by atoms with Crippen LogP contribution in [0.2, 0.25) is 0 Å². The van der Waals surface area contributed by atoms with Crippen molar-refractivity contribution in [3.05, 3.63) is 37.9 Å². The van der Waals surface area contributed by atoms with E-state index in [2.05, 4.69) is 36.6 Å². The van der Waals surface area contributed by atoms with Crippen molar-refractivity contribution in [1.82, 2.24) is 0 Å². The molecule has 2 aromatic rings. The first-order valence-corrected chi connectivity index (χ1v) is 8.60. The maximum absolute atomic E-state index is 12.2. The first-order chi connectivity index (χ1) is 8.38. The van der Waals surface area contributed by atoms with Gasteiger partial charge in [0.15, 0.2) is 0 Å². The monoisotopic (exact) mass is 410 g/mol. The number of sulfonamides is 1. The van der Waals surface area contributed by atoms with Crippen molar-refractivity contribution in [2.45, 2.75) is 4.90 Å². The summed E-state index contributed by atoms with van der Waals surface area (Å²) in [6, 6.07) is 8.13. The molecule has 4 nitrogen and oxygen atoms in total. The van der Waals surface area contributed by atoms with Gasteiger partial charge in [0.1, 0.15) is 4.90 Å². The summed E-state index contributed by atoms with van der Waals surface area (Å²) in [6.45, 7) is 0. The molecule has 1 aromatic heterocycles. The van der Waals surface area contributed by atoms with E-state index in [-0.39, 0.29) is 4.90 Å². The Morgan fingerprint density at radius 2 is 1.94 bits per heavy atom. The number of benzene rings is 1. The van der Waals surface area contributed by atoms with Crippen LogP contribution in [0, 0.1) is 0 Å². The average Bonchev–Trinajstić information content (AvgIpc) is 2.58. The summed E-state index contributed by atoms with van der Waals surface area (Å²) in [7, 11) is -3.61. The van der Waals surface area contributed by atoms with Crippen LogP contribution in [0.3, 0.4) is 0 Å². The Kier molecular flexibility index (Phi) is 4.00. The zero-order valence-corrected chi connectivity index (χ0v) is 13.7. The van der Waals surface area contributed by atoms with E-state index in [0.717, 1.165) is 3.79 Å². The van der Waals surface area contributed by atoms with Crippen molar-refractivity contribution in [1.29, 1.82) is 0 Å². The van der Waals surface area contributed by atoms with Gasteiger partial charge in [-0.2, -0.15) is 0 Å². The van der Waals surface area contributed by atoms with Gasteiger partial charge in [-0.25, -0.2) is 8.42 Å². The molecule has 0 aliphatic heterocycles. The number of nitrogens with one attached hydrogen (secondary N) is 1. The fraction of sp³-hybridized carbons (Fsp3) is 0. The minimum Gasteiger partial charge on any atom is -0.399 e. The van der Waals surface area contributed by atoms with Crippen LogP contribution in [-0.2, 0) is 10.0 Å². The molecular weight excluding hydrogens is 404 g/mol. The number of nitrogens with two attached hydrogens (primary N) is 1. The predicted molar refractivity (Wildman–Crippen MR) is 81.4 cm³/mol. The van der Waals surface area contributed by atoms with Gasteiger partial charge in [0, 0.05) is 5.69 Å². The highest BCUT2D eigenvalue weighted by Crippen LogP contribution is 2.35. The van der Waals surface area contributed by atoms with Crippen LogP contribution in [0.5, 0.6) is 0 Å². The van der Waals surface area contributed by atoms with E-state index >= 15 is 0 Å². The molecule has 0 spiro atoms. The Morgan fingerprint density at radius 1 is 1.22 bits per heavy atom. The summed E-state index contributed by atoms with van der Waals surface area (Å²) in [5, 5.41) is 0. The van der Waals surface area contributed by atoms with E-state index in [4.69, 9.17) is 5.73 Å². The van der Waals surface area contributed by atoms with Crippen molar-refractivity contribution in [2.75, 3.05) is 10.5 Å². The molecule has 0 radical (unpaired) electrons. The minimum atomic E-state index is -3.61. The van der Waals surface area contributed by atoms with Gasteiger partial charge in [-0.1, -0.05) is 6.07 Å². The number of hydrogen-bond acceptors (Lipinski definition) is 4. The van der Waals surface area contributed by atoms with Gasteiger partial charge in [-0.05, 0) is 56.1 Å². The number of rotatable bonds is 3. The molecule has 8 heteroatoms. The Bertz CT molecular complexity index is 683. The van der Waals surface area contributed by atoms with Crippen LogP contribution >= 0.6 is 43.2 Å². The summed E-state index contributed by atoms with van der Waals surface area (Å²) in [4.78, 5) is 0.196. The van der Waals surface area contributed by atoms with E-state index in [1.54, 1.807) is 30.3 Å². The lowest BCUT2D eigenvalue weighted by Gasteiger charge is -2.07. The molecule has 3 N–H and O–H groups in total. The zero-order valence-electron chi connectivity index (χ0n) is 8.85. The standard InChI is InChI=1S/C10H8Br2N2O2S2/c11-9-5-8(10(12)17-9)18(15,16)14-7-3-1-2-6(13)4-7/h1-5,14H,13H2. The molecule has 0 atom stereocenters. The molecule has 0 saturated carbocycles. The molecule has 0 amide bonds. The Labute approximate surface area is 126 Å². The van der Waals surface area contributed by atoms with Crippen LogP contribution in [0.15, 0.2) is 42.8 Å². The summed E-state index contributed by atoms with van der Waals surface area (Å²) in [5.74, 6) is 0. The SMILES string of the molecule is Nc1cccc(NS(=O)(=O)c2cc(Br)sc2Br)c1. The average molecular weight is 412 g/mol. The third-order valence-electron chi connectivity index (χ3n) is 2.05. The third kappa shape index (κ3) is 3.05. The fourth-order valence-electron chi connectivity index (χ4n) is 1.32. The van der Waals surface area contributed by atoms with Crippen molar-refractivity contribution in [3.8, 4) is 0 Å². The minimum absolute atomic E-state index is 0.196. The molecule has 1 heterocycles. The lowest BCUT2D eigenvalue weighted by atomic mass is 10.3. The van der Waals surface area contributed by atoms with Gasteiger partial charge < -0.3 is 5.73 Å². The summed E-state index contributed by atoms with van der Waals surface area (Å²) >= 11 is 7.77. The normalized spacial score (nSPS) is 11.4. The molecule has 0 bridgehead atoms. The van der Waals surface area contributed by atoms with Gasteiger partial charge in [0.25, 0.3) is 10.0 Å². The Hall–Kier alpha value is -0.570. The summed E-state index contributed by atoms with van der Waals surface area (Å²) < 4.78 is 28.1. The molecule has 18 heavy (non-hydrogen) atoms. The number of halogens is 2. The molecule has 1 aromatic carbocycles. The van der Waals surface area contributed by atoms with E-state index in [1.165, 1.54) is 11.3 Å². The molecule has 0 aliphatic carbocycles. The van der Waals surface area contributed by atoms with Gasteiger partial charge in [0.2, 0.25) is 0 Å². The van der Waals surface area contributed by atoms with Crippen molar-refractivity contribution >= 4 is 64.6 Å². The van der Waals surface area contributed by atoms with Gasteiger partial charge in [-0.15, -0.1) is 11.3 Å². The highest BCUT2D eigenvalue weighted by molar-refractivity contribution is 9.12. The van der Waals surface area contributed by atoms with E-state index in [1.807, 2.05) is 0 Å². The zero-order chi connectivity index (χ0) is 13.3. The smallest absolute Gasteiger partial charge is 0.263 e. The Balaban J connectivity index is 2.36. The van der Waals surface area contributed by atoms with Crippen molar-refractivity contribution in [2.24, 2.45) is 0 Å². The molecular formula is C10H8Br2N2O2S2. The van der Waals surface area contributed by atoms with Gasteiger partial charge >= 0.3 is 0 Å². The third-order valence-corrected chi connectivity index (χ3v) is 6.19. The van der Waals surface area contributed by atoms with Crippen LogP contribution in [0.1, 0.15) is 0 Å². The van der Waals surface area contributed by atoms with Crippen LogP contribution < -0.4 is 10.5 Å². The van der Waals surface area contributed by atoms with E-state index < -0.39 is 10.0 Å². The first-order valence-electron chi connectivity index (χ1n) is 4.72. The molecule has 96 valence electrons. The molecule has 0 unspecified atom stereocenters. The quantitative estimate of drug-likeness (QED) is 0.757. The summed E-state index contributed by atoms with van der Waals surface area (Å²) in [5.41, 5.74) is 6.54. The number of hydrogen-bond donors (Lipinski definition) is 2. The van der Waals surface area contributed by atoms with E-state index in [0.29, 0.717) is 15.2 Å². The van der Waals surface area contributed by atoms with Crippen molar-refractivity contribution in [3.63, 3.8) is 0 Å². The van der Waals surface area contributed by atoms with Crippen LogP contribution in [-0.4, -0.2) is 8.42 Å². The predicted octanol–water partition coefficient (Wildman–Crippen LogP) is 3.66. The fourth-order valence-corrected chi connectivity index (χ4v) is 6.18. The molecule has 0 aliphatic rings. The second-order valence-electron chi connectivity index (χ2n) is 3.42. The highest BCUT2D eigenvalue weighted by Gasteiger charge is 2.20. The number of nitrogen functional groups attached to an aromatic ring is 1.